The van der Waals surface area contributed by atoms with Crippen molar-refractivity contribution in [2.75, 3.05) is 19.7 Å². The number of nitrogens with one attached hydrogen (secondary N) is 4. The third-order valence-electron chi connectivity index (χ3n) is 10.0. The largest absolute Gasteiger partial charge is 0.460 e. The van der Waals surface area contributed by atoms with Crippen LogP contribution in [-0.2, 0) is 38.2 Å². The number of likely N-dealkylation sites (tertiary alicyclic amines) is 2. The van der Waals surface area contributed by atoms with E-state index >= 15 is 0 Å². The van der Waals surface area contributed by atoms with Crippen molar-refractivity contribution < 1.29 is 43.0 Å². The maximum absolute atomic E-state index is 14.5. The van der Waals surface area contributed by atoms with E-state index in [9.17, 15) is 33.6 Å². The number of hydrogen-bond donors (Lipinski definition) is 4. The summed E-state index contributed by atoms with van der Waals surface area (Å²) in [4.78, 5) is 108. The molecule has 2 fully saturated rings. The van der Waals surface area contributed by atoms with Crippen molar-refractivity contribution in [1.82, 2.24) is 41.0 Å². The smallest absolute Gasteiger partial charge is 0.408 e. The molecule has 0 aromatic carbocycles. The Kier molecular flexibility index (Phi) is 19.2. The monoisotopic (exact) mass is 960 g/mol. The summed E-state index contributed by atoms with van der Waals surface area (Å²) < 4.78 is 8.73. The van der Waals surface area contributed by atoms with Gasteiger partial charge in [-0.05, 0) is 107 Å². The fourth-order valence-electron chi connectivity index (χ4n) is 7.22. The molecule has 2 aliphatic rings. The molecule has 6 amide bonds. The zero-order valence-electron chi connectivity index (χ0n) is 37.7. The van der Waals surface area contributed by atoms with Crippen molar-refractivity contribution in [3.05, 3.63) is 71.6 Å². The summed E-state index contributed by atoms with van der Waals surface area (Å²) in [6.07, 6.45) is 9.90. The highest BCUT2D eigenvalue weighted by Crippen LogP contribution is 2.28. The molecule has 0 spiro atoms. The fraction of sp³-hybridized carbons (Fsp3) is 0.533. The molecule has 4 atom stereocenters. The van der Waals surface area contributed by atoms with Crippen LogP contribution in [-0.4, -0.2) is 115 Å². The fourth-order valence-corrected chi connectivity index (χ4v) is 7.38. The summed E-state index contributed by atoms with van der Waals surface area (Å²) in [5.41, 5.74) is -0.240. The van der Waals surface area contributed by atoms with Crippen LogP contribution in [0.5, 0.6) is 0 Å². The predicted octanol–water partition coefficient (Wildman–Crippen LogP) is 5.46. The Morgan fingerprint density at radius 3 is 1.63 bits per heavy atom. The van der Waals surface area contributed by atoms with Gasteiger partial charge in [0.15, 0.2) is 0 Å². The van der Waals surface area contributed by atoms with E-state index in [1.807, 2.05) is 27.7 Å². The first kappa shape index (κ1) is 52.4. The molecule has 2 aromatic rings. The van der Waals surface area contributed by atoms with Crippen LogP contribution in [0.1, 0.15) is 98.1 Å². The van der Waals surface area contributed by atoms with Gasteiger partial charge in [0, 0.05) is 37.9 Å². The molecule has 17 nitrogen and oxygen atoms in total. The van der Waals surface area contributed by atoms with Gasteiger partial charge in [0.1, 0.15) is 47.8 Å². The summed E-state index contributed by atoms with van der Waals surface area (Å²) in [6.45, 7) is 12.3. The average molecular weight is 962 g/mol. The molecule has 4 heterocycles. The summed E-state index contributed by atoms with van der Waals surface area (Å²) in [5, 5.41) is 10.8. The van der Waals surface area contributed by atoms with Crippen molar-refractivity contribution in [1.29, 1.82) is 0 Å². The Labute approximate surface area is 394 Å². The number of pyridine rings is 2. The maximum atomic E-state index is 14.5. The highest BCUT2D eigenvalue weighted by molar-refractivity contribution is 6.67. The van der Waals surface area contributed by atoms with E-state index in [0.29, 0.717) is 24.0 Å². The van der Waals surface area contributed by atoms with Crippen LogP contribution in [0.15, 0.2) is 60.4 Å². The van der Waals surface area contributed by atoms with Gasteiger partial charge < -0.3 is 40.5 Å². The minimum Gasteiger partial charge on any atom is -0.460 e. The number of alkyl carbamates (subject to hydrolysis) is 1. The number of alkyl halides is 3. The molecule has 4 rings (SSSR count). The van der Waals surface area contributed by atoms with Gasteiger partial charge in [-0.15, -0.1) is 0 Å². The van der Waals surface area contributed by atoms with Crippen molar-refractivity contribution in [3.63, 3.8) is 0 Å². The number of hydrogen-bond acceptors (Lipinski definition) is 11. The van der Waals surface area contributed by atoms with Gasteiger partial charge in [0.2, 0.25) is 21.5 Å². The molecule has 354 valence electrons. The quantitative estimate of drug-likeness (QED) is 0.0887. The van der Waals surface area contributed by atoms with E-state index in [0.717, 1.165) is 0 Å². The Bertz CT molecular complexity index is 2070. The highest BCUT2D eigenvalue weighted by atomic mass is 35.6. The second-order valence-corrected chi connectivity index (χ2v) is 20.2. The van der Waals surface area contributed by atoms with E-state index in [2.05, 4.69) is 31.2 Å². The van der Waals surface area contributed by atoms with Crippen LogP contribution >= 0.6 is 34.8 Å². The van der Waals surface area contributed by atoms with E-state index in [1.165, 1.54) is 34.3 Å². The van der Waals surface area contributed by atoms with Crippen LogP contribution in [0.2, 0.25) is 0 Å². The molecule has 65 heavy (non-hydrogen) atoms. The van der Waals surface area contributed by atoms with Crippen molar-refractivity contribution >= 4 is 88.6 Å². The third kappa shape index (κ3) is 16.9. The number of halogens is 3. The number of nitrogens with zero attached hydrogens (tertiary/aromatic N) is 4. The normalized spacial score (nSPS) is 17.9. The third-order valence-corrected chi connectivity index (χ3v) is 10.3. The second kappa shape index (κ2) is 23.8. The molecule has 20 heteroatoms. The zero-order valence-corrected chi connectivity index (χ0v) is 40.0. The van der Waals surface area contributed by atoms with E-state index in [4.69, 9.17) is 44.3 Å². The Hall–Kier alpha value is -5.26. The first-order chi connectivity index (χ1) is 30.5. The lowest BCUT2D eigenvalue weighted by Crippen LogP contribution is -2.55. The van der Waals surface area contributed by atoms with Crippen molar-refractivity contribution in [2.24, 2.45) is 11.8 Å². The zero-order chi connectivity index (χ0) is 48.1. The minimum absolute atomic E-state index is 0.0359. The van der Waals surface area contributed by atoms with Crippen molar-refractivity contribution in [2.45, 2.75) is 121 Å². The SMILES string of the molecule is CC(C)C[C@H](NC(=O)OC(C)(C)C)C(=O)N/C(=C\c1cccnc1)C(=O)N1CCC[C@H]1C(=O)N[C@@H](CC(C)C)C(=O)N/C(=C\c1cccnc1)C(=O)N1CCC[C@H]1C(=O)OCC(Cl)(Cl)Cl. The van der Waals surface area contributed by atoms with E-state index in [1.54, 1.807) is 57.4 Å². The van der Waals surface area contributed by atoms with Crippen LogP contribution in [0.4, 0.5) is 4.79 Å². The number of rotatable bonds is 17. The number of aromatic nitrogens is 2. The lowest BCUT2D eigenvalue weighted by molar-refractivity contribution is -0.152. The van der Waals surface area contributed by atoms with Gasteiger partial charge >= 0.3 is 12.1 Å². The molecule has 0 unspecified atom stereocenters. The van der Waals surface area contributed by atoms with Gasteiger partial charge in [0.05, 0.1) is 0 Å². The molecular weight excluding hydrogens is 903 g/mol. The van der Waals surface area contributed by atoms with Crippen LogP contribution in [0.25, 0.3) is 12.2 Å². The van der Waals surface area contributed by atoms with Gasteiger partial charge in [0.25, 0.3) is 11.8 Å². The molecule has 2 aliphatic heterocycles. The van der Waals surface area contributed by atoms with Crippen molar-refractivity contribution in [3.8, 4) is 0 Å². The van der Waals surface area contributed by atoms with Gasteiger partial charge in [-0.3, -0.25) is 33.9 Å². The molecule has 0 saturated carbocycles. The minimum atomic E-state index is -1.87. The predicted molar refractivity (Wildman–Crippen MR) is 245 cm³/mol. The van der Waals surface area contributed by atoms with Crippen LogP contribution < -0.4 is 21.3 Å². The van der Waals surface area contributed by atoms with Crippen LogP contribution in [0, 0.1) is 11.8 Å². The lowest BCUT2D eigenvalue weighted by Gasteiger charge is -2.29. The van der Waals surface area contributed by atoms with Gasteiger partial charge in [-0.2, -0.15) is 0 Å². The maximum Gasteiger partial charge on any atom is 0.408 e. The number of esters is 1. The molecule has 2 aromatic heterocycles. The molecule has 0 aliphatic carbocycles. The topological polar surface area (TPSA) is 218 Å². The second-order valence-electron chi connectivity index (χ2n) is 17.7. The molecule has 2 saturated heterocycles. The Morgan fingerprint density at radius 2 is 1.20 bits per heavy atom. The van der Waals surface area contributed by atoms with Gasteiger partial charge in [-0.1, -0.05) is 74.6 Å². The van der Waals surface area contributed by atoms with Gasteiger partial charge in [-0.25, -0.2) is 9.59 Å². The number of amides is 6. The standard InChI is InChI=1S/C45H59Cl3N8O9/c1-27(2)20-31(37(57)52-34(23-30-13-9-17-50-25-30)41(61)56-19-11-15-36(56)42(62)64-26-45(46,47)48)51-39(59)35-14-10-18-55(35)40(60)33(22-29-12-8-16-49-24-29)53-38(58)32(21-28(3)4)54-43(63)65-44(5,6)7/h8-9,12-13,16-17,22-25,27-28,31-32,35-36H,10-11,14-15,18-21,26H2,1-7H3,(H,51,59)(H,52,57)(H,53,58)(H,54,63)/b33-22-,34-23-/t31-,32-,35-,36-/m0/s1. The summed E-state index contributed by atoms with van der Waals surface area (Å²) >= 11 is 17.4. The van der Waals surface area contributed by atoms with E-state index < -0.39 is 81.8 Å². The molecule has 4 N–H and O–H groups in total. The number of carbonyl (C=O) groups excluding carboxylic acids is 7. The molecular formula is C45H59Cl3N8O9. The lowest BCUT2D eigenvalue weighted by atomic mass is 10.0. The van der Waals surface area contributed by atoms with E-state index in [-0.39, 0.29) is 62.0 Å². The number of carbonyl (C=O) groups is 7. The van der Waals surface area contributed by atoms with Crippen LogP contribution in [0.3, 0.4) is 0 Å². The molecule has 0 radical (unpaired) electrons. The Balaban J connectivity index is 1.59. The molecule has 0 bridgehead atoms. The summed E-state index contributed by atoms with van der Waals surface area (Å²) in [6, 6.07) is 2.32. The first-order valence-corrected chi connectivity index (χ1v) is 22.6. The summed E-state index contributed by atoms with van der Waals surface area (Å²) in [5.74, 6) is -4.33. The summed E-state index contributed by atoms with van der Waals surface area (Å²) in [7, 11) is 0. The number of ether oxygens (including phenoxy) is 2. The first-order valence-electron chi connectivity index (χ1n) is 21.5. The Morgan fingerprint density at radius 1 is 0.738 bits per heavy atom. The average Bonchev–Trinajstić information content (AvgIpc) is 3.92. The highest BCUT2D eigenvalue weighted by Gasteiger charge is 2.41.